The molecule has 0 aromatic carbocycles. The number of rotatable bonds is 3. The molecule has 8 heteroatoms. The predicted molar refractivity (Wildman–Crippen MR) is 80.2 cm³/mol. The molecule has 0 saturated carbocycles. The molecule has 2 aliphatic heterocycles. The largest absolute Gasteiger partial charge is 0.345 e. The van der Waals surface area contributed by atoms with Gasteiger partial charge in [-0.05, 0) is 12.3 Å². The van der Waals surface area contributed by atoms with E-state index in [1.54, 1.807) is 4.90 Å². The minimum atomic E-state index is -0.655. The first-order valence-electron chi connectivity index (χ1n) is 7.66. The molecule has 0 radical (unpaired) electrons. The number of piperazine rings is 1. The summed E-state index contributed by atoms with van der Waals surface area (Å²) in [5.41, 5.74) is 0.188. The predicted octanol–water partition coefficient (Wildman–Crippen LogP) is -0.670. The van der Waals surface area contributed by atoms with Crippen molar-refractivity contribution in [3.8, 4) is 0 Å². The number of hydrogen-bond donors (Lipinski definition) is 2. The fourth-order valence-corrected chi connectivity index (χ4v) is 3.10. The van der Waals surface area contributed by atoms with Crippen LogP contribution >= 0.6 is 0 Å². The zero-order valence-corrected chi connectivity index (χ0v) is 13.0. The lowest BCUT2D eigenvalue weighted by Crippen LogP contribution is -2.66. The maximum atomic E-state index is 12.5. The summed E-state index contributed by atoms with van der Waals surface area (Å²) < 4.78 is 0. The van der Waals surface area contributed by atoms with Crippen LogP contribution in [0.3, 0.4) is 0 Å². The quantitative estimate of drug-likeness (QED) is 0.769. The van der Waals surface area contributed by atoms with Gasteiger partial charge < -0.3 is 15.5 Å². The van der Waals surface area contributed by atoms with E-state index in [0.29, 0.717) is 13.0 Å². The Morgan fingerprint density at radius 1 is 1.39 bits per heavy atom. The van der Waals surface area contributed by atoms with Crippen molar-refractivity contribution in [2.45, 2.75) is 38.4 Å². The van der Waals surface area contributed by atoms with Crippen LogP contribution in [0.4, 0.5) is 0 Å². The van der Waals surface area contributed by atoms with Crippen molar-refractivity contribution in [2.24, 2.45) is 5.92 Å². The molecule has 0 spiro atoms. The first kappa shape index (κ1) is 15.4. The average Bonchev–Trinajstić information content (AvgIpc) is 2.96. The minimum Gasteiger partial charge on any atom is -0.345 e. The van der Waals surface area contributed by atoms with E-state index in [1.807, 2.05) is 13.8 Å². The number of fused-ring (bicyclic) bond motifs is 1. The Morgan fingerprint density at radius 3 is 2.83 bits per heavy atom. The maximum Gasteiger partial charge on any atom is 0.271 e. The molecule has 3 atom stereocenters. The standard InChI is InChI=1S/C15H19N5O3/c1-8(2)11-15(23)20-6-3-9(12(20)14(22)19-11)18-13(21)10-7-16-4-5-17-10/h4-5,7-9,11-12H,3,6H2,1-2H3,(H,18,21)(H,19,22)/t9-,11+,12-/m0/s1. The summed E-state index contributed by atoms with van der Waals surface area (Å²) in [6, 6.07) is -1.56. The van der Waals surface area contributed by atoms with Crippen LogP contribution in [0.5, 0.6) is 0 Å². The number of nitrogens with one attached hydrogen (secondary N) is 2. The van der Waals surface area contributed by atoms with Crippen molar-refractivity contribution >= 4 is 17.7 Å². The molecule has 3 rings (SSSR count). The van der Waals surface area contributed by atoms with E-state index >= 15 is 0 Å². The van der Waals surface area contributed by atoms with Crippen molar-refractivity contribution in [1.82, 2.24) is 25.5 Å². The Morgan fingerprint density at radius 2 is 2.17 bits per heavy atom. The van der Waals surface area contributed by atoms with Crippen molar-refractivity contribution in [2.75, 3.05) is 6.54 Å². The summed E-state index contributed by atoms with van der Waals surface area (Å²) in [7, 11) is 0. The molecular formula is C15H19N5O3. The van der Waals surface area contributed by atoms with Gasteiger partial charge in [-0.15, -0.1) is 0 Å². The molecule has 2 aliphatic rings. The smallest absolute Gasteiger partial charge is 0.271 e. The van der Waals surface area contributed by atoms with Gasteiger partial charge in [0.25, 0.3) is 5.91 Å². The van der Waals surface area contributed by atoms with Crippen molar-refractivity contribution in [1.29, 1.82) is 0 Å². The molecule has 23 heavy (non-hydrogen) atoms. The van der Waals surface area contributed by atoms with Crippen LogP contribution < -0.4 is 10.6 Å². The molecule has 1 aromatic heterocycles. The maximum absolute atomic E-state index is 12.5. The van der Waals surface area contributed by atoms with E-state index in [9.17, 15) is 14.4 Å². The number of carbonyl (C=O) groups excluding carboxylic acids is 3. The third-order valence-corrected chi connectivity index (χ3v) is 4.29. The zero-order chi connectivity index (χ0) is 16.6. The van der Waals surface area contributed by atoms with Gasteiger partial charge in [0.15, 0.2) is 0 Å². The average molecular weight is 317 g/mol. The second-order valence-electron chi connectivity index (χ2n) is 6.17. The summed E-state index contributed by atoms with van der Waals surface area (Å²) in [6.07, 6.45) is 4.82. The third-order valence-electron chi connectivity index (χ3n) is 4.29. The summed E-state index contributed by atoms with van der Waals surface area (Å²) in [6.45, 7) is 4.25. The normalized spacial score (nSPS) is 26.9. The first-order chi connectivity index (χ1) is 11.0. The van der Waals surface area contributed by atoms with Gasteiger partial charge in [0.05, 0.1) is 12.2 Å². The van der Waals surface area contributed by atoms with Crippen molar-refractivity contribution < 1.29 is 14.4 Å². The van der Waals surface area contributed by atoms with E-state index in [0.717, 1.165) is 0 Å². The van der Waals surface area contributed by atoms with Crippen LogP contribution in [-0.2, 0) is 9.59 Å². The Hall–Kier alpha value is -2.51. The van der Waals surface area contributed by atoms with Crippen LogP contribution in [0.25, 0.3) is 0 Å². The Kier molecular flexibility index (Phi) is 3.97. The lowest BCUT2D eigenvalue weighted by Gasteiger charge is -2.37. The molecule has 2 N–H and O–H groups in total. The lowest BCUT2D eigenvalue weighted by atomic mass is 9.97. The van der Waals surface area contributed by atoms with Crippen LogP contribution in [0.15, 0.2) is 18.6 Å². The molecule has 0 unspecified atom stereocenters. The SMILES string of the molecule is CC(C)[C@H]1NC(=O)[C@@H]2[C@@H](NC(=O)c3cnccn3)CCN2C1=O. The molecular weight excluding hydrogens is 298 g/mol. The van der Waals surface area contributed by atoms with Crippen molar-refractivity contribution in [3.05, 3.63) is 24.3 Å². The lowest BCUT2D eigenvalue weighted by molar-refractivity contribution is -0.148. The van der Waals surface area contributed by atoms with E-state index in [4.69, 9.17) is 0 Å². The highest BCUT2D eigenvalue weighted by Crippen LogP contribution is 2.25. The molecule has 8 nitrogen and oxygen atoms in total. The molecule has 0 bridgehead atoms. The molecule has 0 aliphatic carbocycles. The Balaban J connectivity index is 1.74. The van der Waals surface area contributed by atoms with Gasteiger partial charge in [0, 0.05) is 18.9 Å². The number of amides is 3. The fraction of sp³-hybridized carbons (Fsp3) is 0.533. The fourth-order valence-electron chi connectivity index (χ4n) is 3.10. The number of carbonyl (C=O) groups is 3. The van der Waals surface area contributed by atoms with Gasteiger partial charge in [-0.3, -0.25) is 19.4 Å². The van der Waals surface area contributed by atoms with Crippen LogP contribution in [0.2, 0.25) is 0 Å². The molecule has 1 aromatic rings. The molecule has 122 valence electrons. The van der Waals surface area contributed by atoms with E-state index in [-0.39, 0.29) is 23.4 Å². The number of aromatic nitrogens is 2. The second-order valence-corrected chi connectivity index (χ2v) is 6.17. The molecule has 2 saturated heterocycles. The van der Waals surface area contributed by atoms with Crippen LogP contribution in [0.1, 0.15) is 30.8 Å². The van der Waals surface area contributed by atoms with Gasteiger partial charge in [-0.1, -0.05) is 13.8 Å². The van der Waals surface area contributed by atoms with Crippen molar-refractivity contribution in [3.63, 3.8) is 0 Å². The van der Waals surface area contributed by atoms with Gasteiger partial charge in [0.2, 0.25) is 11.8 Å². The highest BCUT2D eigenvalue weighted by molar-refractivity contribution is 5.99. The van der Waals surface area contributed by atoms with E-state index in [2.05, 4.69) is 20.6 Å². The Bertz CT molecular complexity index is 633. The Labute approximate surface area is 133 Å². The summed E-state index contributed by atoms with van der Waals surface area (Å²) in [4.78, 5) is 46.4. The minimum absolute atomic E-state index is 0.0284. The monoisotopic (exact) mass is 317 g/mol. The molecule has 3 amide bonds. The van der Waals surface area contributed by atoms with Crippen LogP contribution in [-0.4, -0.2) is 57.3 Å². The summed E-state index contributed by atoms with van der Waals surface area (Å²) in [5, 5.41) is 5.56. The summed E-state index contributed by atoms with van der Waals surface area (Å²) in [5.74, 6) is -0.664. The number of nitrogens with zero attached hydrogens (tertiary/aromatic N) is 3. The van der Waals surface area contributed by atoms with E-state index in [1.165, 1.54) is 18.6 Å². The van der Waals surface area contributed by atoms with Gasteiger partial charge >= 0.3 is 0 Å². The first-order valence-corrected chi connectivity index (χ1v) is 7.66. The number of hydrogen-bond acceptors (Lipinski definition) is 5. The summed E-state index contributed by atoms with van der Waals surface area (Å²) >= 11 is 0. The topological polar surface area (TPSA) is 104 Å². The highest BCUT2D eigenvalue weighted by Gasteiger charge is 2.49. The van der Waals surface area contributed by atoms with Gasteiger partial charge in [-0.2, -0.15) is 0 Å². The zero-order valence-electron chi connectivity index (χ0n) is 13.0. The van der Waals surface area contributed by atoms with Gasteiger partial charge in [-0.25, -0.2) is 4.98 Å². The van der Waals surface area contributed by atoms with Crippen LogP contribution in [0, 0.1) is 5.92 Å². The second kappa shape index (κ2) is 5.94. The van der Waals surface area contributed by atoms with E-state index < -0.39 is 24.0 Å². The molecule has 2 fully saturated rings. The third kappa shape index (κ3) is 2.76. The molecule has 3 heterocycles. The highest BCUT2D eigenvalue weighted by atomic mass is 16.2. The van der Waals surface area contributed by atoms with Gasteiger partial charge in [0.1, 0.15) is 17.8 Å².